The molecule has 1 aromatic heterocycles. The number of carbonyl (C=O) groups is 2. The fourth-order valence-corrected chi connectivity index (χ4v) is 3.80. The first-order chi connectivity index (χ1) is 13.4. The lowest BCUT2D eigenvalue weighted by Crippen LogP contribution is -2.49. The van der Waals surface area contributed by atoms with Crippen molar-refractivity contribution in [3.8, 4) is 0 Å². The van der Waals surface area contributed by atoms with E-state index in [-0.39, 0.29) is 30.5 Å². The summed E-state index contributed by atoms with van der Waals surface area (Å²) in [6, 6.07) is 9.44. The molecule has 7 heteroatoms. The number of hydrogen-bond donors (Lipinski definition) is 0. The van der Waals surface area contributed by atoms with E-state index in [4.69, 9.17) is 9.47 Å². The van der Waals surface area contributed by atoms with Crippen LogP contribution in [0.2, 0.25) is 0 Å². The van der Waals surface area contributed by atoms with Crippen LogP contribution in [-0.2, 0) is 19.1 Å². The third-order valence-electron chi connectivity index (χ3n) is 4.29. The number of hydrogen-bond acceptors (Lipinski definition) is 5. The first-order valence-corrected chi connectivity index (χ1v) is 9.92. The van der Waals surface area contributed by atoms with Crippen LogP contribution in [0.1, 0.15) is 24.3 Å². The van der Waals surface area contributed by atoms with Crippen molar-refractivity contribution in [1.29, 1.82) is 0 Å². The fourth-order valence-electron chi connectivity index (χ4n) is 3.07. The first-order valence-electron chi connectivity index (χ1n) is 9.04. The van der Waals surface area contributed by atoms with Crippen molar-refractivity contribution in [2.24, 2.45) is 0 Å². The van der Waals surface area contributed by atoms with Crippen LogP contribution >= 0.6 is 11.3 Å². The smallest absolute Gasteiger partial charge is 0.340 e. The summed E-state index contributed by atoms with van der Waals surface area (Å²) in [5.41, 5.74) is 1.00. The second-order valence-corrected chi connectivity index (χ2v) is 7.67. The number of nitrogens with zero attached hydrogens (tertiary/aromatic N) is 1. The van der Waals surface area contributed by atoms with Gasteiger partial charge >= 0.3 is 5.97 Å². The third kappa shape index (κ3) is 5.27. The maximum absolute atomic E-state index is 13.1. The van der Waals surface area contributed by atoms with Crippen LogP contribution in [0.3, 0.4) is 0 Å². The molecular formula is C21H22FNO4S. The minimum atomic E-state index is -0.588. The van der Waals surface area contributed by atoms with Gasteiger partial charge in [-0.25, -0.2) is 9.18 Å². The molecule has 2 heterocycles. The van der Waals surface area contributed by atoms with E-state index in [1.165, 1.54) is 23.5 Å². The minimum absolute atomic E-state index is 0.0524. The Kier molecular flexibility index (Phi) is 6.59. The van der Waals surface area contributed by atoms with Crippen LogP contribution in [0, 0.1) is 5.82 Å². The Morgan fingerprint density at radius 3 is 2.50 bits per heavy atom. The Balaban J connectivity index is 1.70. The molecule has 0 bridgehead atoms. The van der Waals surface area contributed by atoms with Gasteiger partial charge in [-0.2, -0.15) is 0 Å². The minimum Gasteiger partial charge on any atom is -0.452 e. The van der Waals surface area contributed by atoms with Crippen molar-refractivity contribution >= 4 is 34.9 Å². The lowest BCUT2D eigenvalue weighted by Gasteiger charge is -2.35. The molecule has 0 radical (unpaired) electrons. The van der Waals surface area contributed by atoms with E-state index < -0.39 is 5.97 Å². The Hall–Kier alpha value is -2.51. The van der Waals surface area contributed by atoms with Gasteiger partial charge in [0.25, 0.3) is 5.91 Å². The number of benzene rings is 1. The lowest BCUT2D eigenvalue weighted by molar-refractivity contribution is -0.154. The van der Waals surface area contributed by atoms with Crippen LogP contribution in [0.15, 0.2) is 41.8 Å². The molecule has 1 saturated heterocycles. The molecule has 1 aliphatic heterocycles. The number of amides is 1. The molecule has 1 amide bonds. The Morgan fingerprint density at radius 1 is 1.21 bits per heavy atom. The van der Waals surface area contributed by atoms with Crippen LogP contribution in [0.25, 0.3) is 11.6 Å². The second kappa shape index (κ2) is 9.12. The number of carbonyl (C=O) groups excluding carboxylic acids is 2. The number of morpholine rings is 1. The van der Waals surface area contributed by atoms with Gasteiger partial charge in [0.15, 0.2) is 6.61 Å². The van der Waals surface area contributed by atoms with Crippen LogP contribution in [-0.4, -0.2) is 48.7 Å². The van der Waals surface area contributed by atoms with Gasteiger partial charge in [-0.3, -0.25) is 4.79 Å². The fraction of sp³-hybridized carbons (Fsp3) is 0.333. The SMILES string of the molecule is C[C@H]1CN(C(=O)COC(=O)/C(=C/c2ccc(F)cc2)c2cccs2)C[C@H](C)O1. The molecule has 0 saturated carbocycles. The molecule has 3 rings (SSSR count). The molecule has 1 aromatic carbocycles. The number of ether oxygens (including phenoxy) is 2. The van der Waals surface area contributed by atoms with Gasteiger partial charge in [0.2, 0.25) is 0 Å². The predicted octanol–water partition coefficient (Wildman–Crippen LogP) is 3.61. The maximum atomic E-state index is 13.1. The number of rotatable bonds is 5. The largest absolute Gasteiger partial charge is 0.452 e. The van der Waals surface area contributed by atoms with Crippen molar-refractivity contribution in [2.75, 3.05) is 19.7 Å². The molecule has 148 valence electrons. The molecular weight excluding hydrogens is 381 g/mol. The van der Waals surface area contributed by atoms with E-state index >= 15 is 0 Å². The first kappa shape index (κ1) is 20.2. The highest BCUT2D eigenvalue weighted by molar-refractivity contribution is 7.11. The van der Waals surface area contributed by atoms with Gasteiger partial charge < -0.3 is 14.4 Å². The van der Waals surface area contributed by atoms with Gasteiger partial charge in [-0.15, -0.1) is 11.3 Å². The lowest BCUT2D eigenvalue weighted by atomic mass is 10.1. The normalized spacial score (nSPS) is 20.1. The zero-order valence-electron chi connectivity index (χ0n) is 15.8. The Bertz CT molecular complexity index is 838. The van der Waals surface area contributed by atoms with E-state index in [9.17, 15) is 14.0 Å². The Morgan fingerprint density at radius 2 is 1.89 bits per heavy atom. The topological polar surface area (TPSA) is 55.8 Å². The summed E-state index contributed by atoms with van der Waals surface area (Å²) in [4.78, 5) is 27.5. The summed E-state index contributed by atoms with van der Waals surface area (Å²) in [7, 11) is 0. The molecule has 0 N–H and O–H groups in total. The van der Waals surface area contributed by atoms with Gasteiger partial charge in [-0.05, 0) is 49.1 Å². The van der Waals surface area contributed by atoms with Crippen LogP contribution < -0.4 is 0 Å². The second-order valence-electron chi connectivity index (χ2n) is 6.72. The highest BCUT2D eigenvalue weighted by Gasteiger charge is 2.27. The van der Waals surface area contributed by atoms with Crippen LogP contribution in [0.5, 0.6) is 0 Å². The van der Waals surface area contributed by atoms with E-state index in [1.54, 1.807) is 29.2 Å². The maximum Gasteiger partial charge on any atom is 0.340 e. The molecule has 0 unspecified atom stereocenters. The molecule has 28 heavy (non-hydrogen) atoms. The summed E-state index contributed by atoms with van der Waals surface area (Å²) < 4.78 is 24.1. The van der Waals surface area contributed by atoms with Crippen molar-refractivity contribution < 1.29 is 23.5 Å². The van der Waals surface area contributed by atoms with Crippen molar-refractivity contribution in [3.05, 3.63) is 58.0 Å². The highest BCUT2D eigenvalue weighted by atomic mass is 32.1. The molecule has 2 atom stereocenters. The standard InChI is InChI=1S/C21H22FNO4S/c1-14-11-23(12-15(2)27-14)20(24)13-26-21(25)18(19-4-3-9-28-19)10-16-5-7-17(22)8-6-16/h3-10,14-15H,11-13H2,1-2H3/b18-10+/t14-,15-/m0/s1. The zero-order chi connectivity index (χ0) is 20.1. The summed E-state index contributed by atoms with van der Waals surface area (Å²) in [5, 5.41) is 1.85. The molecule has 1 aliphatic rings. The monoisotopic (exact) mass is 403 g/mol. The molecule has 2 aromatic rings. The van der Waals surface area contributed by atoms with Gasteiger partial charge in [0, 0.05) is 18.0 Å². The number of thiophene rings is 1. The van der Waals surface area contributed by atoms with E-state index in [1.807, 2.05) is 25.3 Å². The molecule has 1 fully saturated rings. The third-order valence-corrected chi connectivity index (χ3v) is 5.19. The van der Waals surface area contributed by atoms with E-state index in [0.29, 0.717) is 24.2 Å². The Labute approximate surface area is 167 Å². The summed E-state index contributed by atoms with van der Waals surface area (Å²) in [6.07, 6.45) is 1.53. The molecule has 5 nitrogen and oxygen atoms in total. The van der Waals surface area contributed by atoms with E-state index in [0.717, 1.165) is 4.88 Å². The number of esters is 1. The van der Waals surface area contributed by atoms with Gasteiger partial charge in [0.05, 0.1) is 17.8 Å². The van der Waals surface area contributed by atoms with Gasteiger partial charge in [0.1, 0.15) is 5.82 Å². The quantitative estimate of drug-likeness (QED) is 0.565. The average molecular weight is 403 g/mol. The van der Waals surface area contributed by atoms with Gasteiger partial charge in [-0.1, -0.05) is 18.2 Å². The van der Waals surface area contributed by atoms with Crippen LogP contribution in [0.4, 0.5) is 4.39 Å². The highest BCUT2D eigenvalue weighted by Crippen LogP contribution is 2.24. The van der Waals surface area contributed by atoms with Crippen molar-refractivity contribution in [3.63, 3.8) is 0 Å². The summed E-state index contributed by atoms with van der Waals surface area (Å²) >= 11 is 1.39. The van der Waals surface area contributed by atoms with E-state index in [2.05, 4.69) is 0 Å². The summed E-state index contributed by atoms with van der Waals surface area (Å²) in [5.74, 6) is -1.19. The van der Waals surface area contributed by atoms with Crippen molar-refractivity contribution in [2.45, 2.75) is 26.1 Å². The predicted molar refractivity (Wildman–Crippen MR) is 106 cm³/mol. The zero-order valence-corrected chi connectivity index (χ0v) is 16.6. The molecule has 0 spiro atoms. The summed E-state index contributed by atoms with van der Waals surface area (Å²) in [6.45, 7) is 4.43. The average Bonchev–Trinajstić information content (AvgIpc) is 3.19. The van der Waals surface area contributed by atoms with Crippen molar-refractivity contribution in [1.82, 2.24) is 4.90 Å². The molecule has 0 aliphatic carbocycles. The number of halogens is 1.